The van der Waals surface area contributed by atoms with E-state index in [1.807, 2.05) is 12.1 Å². The first-order valence-electron chi connectivity index (χ1n) is 6.33. The number of rotatable bonds is 4. The van der Waals surface area contributed by atoms with Gasteiger partial charge in [0.2, 0.25) is 0 Å². The van der Waals surface area contributed by atoms with Gasteiger partial charge in [-0.25, -0.2) is 0 Å². The number of benzene rings is 1. The number of thioether (sulfide) groups is 1. The minimum atomic E-state index is 0.499. The van der Waals surface area contributed by atoms with Gasteiger partial charge in [0, 0.05) is 22.9 Å². The van der Waals surface area contributed by atoms with Crippen LogP contribution >= 0.6 is 23.4 Å². The Balaban J connectivity index is 1.84. The molecule has 2 rings (SSSR count). The first-order valence-corrected chi connectivity index (χ1v) is 7.86. The molecule has 0 bridgehead atoms. The fourth-order valence-electron chi connectivity index (χ4n) is 2.33. The molecule has 0 spiro atoms. The van der Waals surface area contributed by atoms with Crippen LogP contribution < -0.4 is 5.32 Å². The van der Waals surface area contributed by atoms with Crippen LogP contribution in [0.1, 0.15) is 25.3 Å². The molecule has 1 N–H and O–H groups in total. The third-order valence-electron chi connectivity index (χ3n) is 3.16. The number of hydrogen-bond acceptors (Lipinski definition) is 2. The highest BCUT2D eigenvalue weighted by Crippen LogP contribution is 2.19. The van der Waals surface area contributed by atoms with Gasteiger partial charge in [0.1, 0.15) is 0 Å². The molecule has 1 saturated heterocycles. The highest BCUT2D eigenvalue weighted by atomic mass is 35.5. The molecule has 1 nitrogen and oxygen atoms in total. The van der Waals surface area contributed by atoms with Crippen molar-refractivity contribution in [1.82, 2.24) is 5.32 Å². The molecule has 1 aromatic rings. The van der Waals surface area contributed by atoms with Gasteiger partial charge in [-0.15, -0.1) is 0 Å². The molecule has 2 unspecified atom stereocenters. The summed E-state index contributed by atoms with van der Waals surface area (Å²) < 4.78 is 0. The van der Waals surface area contributed by atoms with Gasteiger partial charge in [-0.05, 0) is 43.6 Å². The maximum atomic E-state index is 6.18. The van der Waals surface area contributed by atoms with Gasteiger partial charge in [0.15, 0.2) is 0 Å². The monoisotopic (exact) mass is 269 g/mol. The standard InChI is InChI=1S/C14H20ClNS/c1-11(16-13-6-4-8-17-10-13)9-12-5-2-3-7-14(12)15/h2-3,5,7,11,13,16H,4,6,8-10H2,1H3. The van der Waals surface area contributed by atoms with Crippen LogP contribution in [0.15, 0.2) is 24.3 Å². The van der Waals surface area contributed by atoms with Crippen molar-refractivity contribution in [3.63, 3.8) is 0 Å². The molecule has 0 saturated carbocycles. The molecule has 1 aliphatic heterocycles. The summed E-state index contributed by atoms with van der Waals surface area (Å²) in [6.07, 6.45) is 3.68. The van der Waals surface area contributed by atoms with Gasteiger partial charge in [-0.1, -0.05) is 29.8 Å². The van der Waals surface area contributed by atoms with Crippen LogP contribution in [0.4, 0.5) is 0 Å². The molecule has 1 fully saturated rings. The predicted octanol–water partition coefficient (Wildman–Crippen LogP) is 3.76. The fraction of sp³-hybridized carbons (Fsp3) is 0.571. The number of nitrogens with one attached hydrogen (secondary N) is 1. The molecule has 94 valence electrons. The van der Waals surface area contributed by atoms with Crippen molar-refractivity contribution in [2.45, 2.75) is 38.3 Å². The average molecular weight is 270 g/mol. The number of hydrogen-bond donors (Lipinski definition) is 1. The summed E-state index contributed by atoms with van der Waals surface area (Å²) in [5, 5.41) is 4.60. The molecule has 1 aromatic carbocycles. The lowest BCUT2D eigenvalue weighted by Crippen LogP contribution is -2.40. The van der Waals surface area contributed by atoms with Crippen molar-refractivity contribution >= 4 is 23.4 Å². The van der Waals surface area contributed by atoms with E-state index in [4.69, 9.17) is 11.6 Å². The molecule has 0 aromatic heterocycles. The van der Waals surface area contributed by atoms with Crippen molar-refractivity contribution < 1.29 is 0 Å². The SMILES string of the molecule is CC(Cc1ccccc1Cl)NC1CCCSC1. The fourth-order valence-corrected chi connectivity index (χ4v) is 3.63. The van der Waals surface area contributed by atoms with Gasteiger partial charge >= 0.3 is 0 Å². The Morgan fingerprint density at radius 3 is 3.00 bits per heavy atom. The highest BCUT2D eigenvalue weighted by molar-refractivity contribution is 7.99. The zero-order valence-corrected chi connectivity index (χ0v) is 11.9. The minimum absolute atomic E-state index is 0.499. The van der Waals surface area contributed by atoms with E-state index >= 15 is 0 Å². The highest BCUT2D eigenvalue weighted by Gasteiger charge is 2.16. The topological polar surface area (TPSA) is 12.0 Å². The number of halogens is 1. The second-order valence-corrected chi connectivity index (χ2v) is 6.33. The van der Waals surface area contributed by atoms with Crippen LogP contribution in [0.3, 0.4) is 0 Å². The van der Waals surface area contributed by atoms with Crippen LogP contribution in [-0.2, 0) is 6.42 Å². The molecular weight excluding hydrogens is 250 g/mol. The smallest absolute Gasteiger partial charge is 0.0438 e. The van der Waals surface area contributed by atoms with E-state index in [1.54, 1.807) is 0 Å². The first-order chi connectivity index (χ1) is 8.25. The van der Waals surface area contributed by atoms with Crippen molar-refractivity contribution in [2.24, 2.45) is 0 Å². The summed E-state index contributed by atoms with van der Waals surface area (Å²) in [6.45, 7) is 2.25. The van der Waals surface area contributed by atoms with E-state index in [1.165, 1.54) is 29.9 Å². The van der Waals surface area contributed by atoms with Gasteiger partial charge in [0.05, 0.1) is 0 Å². The normalized spacial score (nSPS) is 22.4. The average Bonchev–Trinajstić information content (AvgIpc) is 2.33. The lowest BCUT2D eigenvalue weighted by atomic mass is 10.1. The van der Waals surface area contributed by atoms with Crippen LogP contribution in [-0.4, -0.2) is 23.6 Å². The molecular formula is C14H20ClNS. The van der Waals surface area contributed by atoms with E-state index in [-0.39, 0.29) is 0 Å². The Morgan fingerprint density at radius 2 is 2.29 bits per heavy atom. The van der Waals surface area contributed by atoms with Crippen molar-refractivity contribution in [3.8, 4) is 0 Å². The maximum absolute atomic E-state index is 6.18. The van der Waals surface area contributed by atoms with Gasteiger partial charge < -0.3 is 5.32 Å². The second kappa shape index (κ2) is 6.67. The van der Waals surface area contributed by atoms with Crippen LogP contribution in [0, 0.1) is 0 Å². The molecule has 17 heavy (non-hydrogen) atoms. The summed E-state index contributed by atoms with van der Waals surface area (Å²) in [6, 6.07) is 9.33. The lowest BCUT2D eigenvalue weighted by Gasteiger charge is -2.26. The Morgan fingerprint density at radius 1 is 1.47 bits per heavy atom. The zero-order chi connectivity index (χ0) is 12.1. The molecule has 0 amide bonds. The molecule has 0 aliphatic carbocycles. The quantitative estimate of drug-likeness (QED) is 0.893. The molecule has 1 aliphatic rings. The summed E-state index contributed by atoms with van der Waals surface area (Å²) in [4.78, 5) is 0. The molecule has 1 heterocycles. The van der Waals surface area contributed by atoms with Gasteiger partial charge in [-0.3, -0.25) is 0 Å². The predicted molar refractivity (Wildman–Crippen MR) is 78.1 cm³/mol. The summed E-state index contributed by atoms with van der Waals surface area (Å²) in [5.74, 6) is 2.59. The van der Waals surface area contributed by atoms with Crippen molar-refractivity contribution in [1.29, 1.82) is 0 Å². The van der Waals surface area contributed by atoms with Crippen molar-refractivity contribution in [3.05, 3.63) is 34.9 Å². The Bertz CT molecular complexity index is 350. The Labute approximate surface area is 113 Å². The molecule has 3 heteroatoms. The lowest BCUT2D eigenvalue weighted by molar-refractivity contribution is 0.441. The van der Waals surface area contributed by atoms with Gasteiger partial charge in [-0.2, -0.15) is 11.8 Å². The summed E-state index contributed by atoms with van der Waals surface area (Å²) in [5.41, 5.74) is 1.25. The summed E-state index contributed by atoms with van der Waals surface area (Å²) >= 11 is 8.25. The van der Waals surface area contributed by atoms with Crippen LogP contribution in [0.2, 0.25) is 5.02 Å². The minimum Gasteiger partial charge on any atom is -0.310 e. The Hall–Kier alpha value is -0.180. The van der Waals surface area contributed by atoms with E-state index in [9.17, 15) is 0 Å². The van der Waals surface area contributed by atoms with Crippen LogP contribution in [0.5, 0.6) is 0 Å². The zero-order valence-electron chi connectivity index (χ0n) is 10.3. The van der Waals surface area contributed by atoms with E-state index in [0.29, 0.717) is 12.1 Å². The van der Waals surface area contributed by atoms with E-state index in [0.717, 1.165) is 11.4 Å². The van der Waals surface area contributed by atoms with Crippen LogP contribution in [0.25, 0.3) is 0 Å². The van der Waals surface area contributed by atoms with Gasteiger partial charge in [0.25, 0.3) is 0 Å². The maximum Gasteiger partial charge on any atom is 0.0438 e. The molecule has 0 radical (unpaired) electrons. The van der Waals surface area contributed by atoms with E-state index < -0.39 is 0 Å². The molecule has 2 atom stereocenters. The third-order valence-corrected chi connectivity index (χ3v) is 4.75. The largest absolute Gasteiger partial charge is 0.310 e. The third kappa shape index (κ3) is 4.20. The van der Waals surface area contributed by atoms with E-state index in [2.05, 4.69) is 36.1 Å². The first kappa shape index (κ1) is 13.3. The Kier molecular flexibility index (Phi) is 5.20. The summed E-state index contributed by atoms with van der Waals surface area (Å²) in [7, 11) is 0. The van der Waals surface area contributed by atoms with Crippen molar-refractivity contribution in [2.75, 3.05) is 11.5 Å². The second-order valence-electron chi connectivity index (χ2n) is 4.78.